The number of cyclic esters (lactones) is 1. The first-order chi connectivity index (χ1) is 30.3. The van der Waals surface area contributed by atoms with Crippen LogP contribution in [0.3, 0.4) is 0 Å². The molecule has 1 aromatic carbocycles. The fraction of sp³-hybridized carbons (Fsp3) is 0.646. The number of amides is 1. The molecule has 3 fully saturated rings. The van der Waals surface area contributed by atoms with E-state index in [0.29, 0.717) is 31.4 Å². The quantitative estimate of drug-likeness (QED) is 0.0859. The van der Waals surface area contributed by atoms with Gasteiger partial charge in [-0.2, -0.15) is 0 Å². The Balaban J connectivity index is 1.32. The number of aromatic nitrogens is 3. The van der Waals surface area contributed by atoms with Crippen molar-refractivity contribution < 1.29 is 52.4 Å². The molecule has 3 saturated heterocycles. The molecule has 3 aliphatic rings. The molecule has 5 heterocycles. The lowest BCUT2D eigenvalue weighted by Gasteiger charge is -2.48. The van der Waals surface area contributed by atoms with Gasteiger partial charge in [-0.1, -0.05) is 45.9 Å². The number of ketones is 2. The van der Waals surface area contributed by atoms with E-state index in [1.54, 1.807) is 75.5 Å². The molecule has 12 atom stereocenters. The van der Waals surface area contributed by atoms with Crippen molar-refractivity contribution in [2.75, 3.05) is 27.7 Å². The minimum Gasteiger partial charge on any atom is -0.458 e. The Bertz CT molecular complexity index is 2130. The SMILES string of the molecule is CCC1OC(=O)C(C)(C)C(=O)C(C)[C@@H](OC2OC(C)CC(N(C)C)[C@H]2OC(=O)c2ccccc2)[C@@](C)(OC)C[C@@H](C)C(=O)[C@H](C)C2C1OC(=O)N2CCCCn1cnc2cccnc21. The van der Waals surface area contributed by atoms with Crippen molar-refractivity contribution in [2.24, 2.45) is 23.2 Å². The fourth-order valence-electron chi connectivity index (χ4n) is 9.85. The number of fused-ring (bicyclic) bond motifs is 2. The first-order valence-corrected chi connectivity index (χ1v) is 22.6. The van der Waals surface area contributed by atoms with Gasteiger partial charge in [0.25, 0.3) is 0 Å². The molecule has 64 heavy (non-hydrogen) atoms. The van der Waals surface area contributed by atoms with Crippen LogP contribution in [0, 0.1) is 23.2 Å². The number of likely N-dealkylation sites (N-methyl/N-ethyl adjacent to an activating group) is 1. The largest absolute Gasteiger partial charge is 0.458 e. The number of benzene rings is 1. The van der Waals surface area contributed by atoms with Crippen LogP contribution in [-0.4, -0.2) is 136 Å². The third kappa shape index (κ3) is 10.0. The van der Waals surface area contributed by atoms with Crippen LogP contribution in [0.1, 0.15) is 97.9 Å². The van der Waals surface area contributed by atoms with Gasteiger partial charge in [0.2, 0.25) is 0 Å². The van der Waals surface area contributed by atoms with E-state index in [-0.39, 0.29) is 37.3 Å². The molecule has 3 aliphatic heterocycles. The number of nitrogens with zero attached hydrogens (tertiary/aromatic N) is 5. The summed E-state index contributed by atoms with van der Waals surface area (Å²) in [6.45, 7) is 14.7. The number of carbonyl (C=O) groups is 5. The van der Waals surface area contributed by atoms with Gasteiger partial charge < -0.3 is 42.8 Å². The normalized spacial score (nSPS) is 32.8. The predicted molar refractivity (Wildman–Crippen MR) is 236 cm³/mol. The van der Waals surface area contributed by atoms with E-state index in [2.05, 4.69) is 9.97 Å². The van der Waals surface area contributed by atoms with E-state index >= 15 is 0 Å². The van der Waals surface area contributed by atoms with Crippen molar-refractivity contribution in [2.45, 2.75) is 149 Å². The summed E-state index contributed by atoms with van der Waals surface area (Å²) in [6, 6.07) is 11.2. The first kappa shape index (κ1) is 48.7. The summed E-state index contributed by atoms with van der Waals surface area (Å²) in [5.41, 5.74) is -1.15. The molecule has 16 nitrogen and oxygen atoms in total. The number of aryl methyl sites for hydroxylation is 1. The topological polar surface area (TPSA) is 178 Å². The highest BCUT2D eigenvalue weighted by atomic mass is 16.7. The van der Waals surface area contributed by atoms with Crippen molar-refractivity contribution in [3.8, 4) is 0 Å². The maximum Gasteiger partial charge on any atom is 0.410 e. The smallest absolute Gasteiger partial charge is 0.410 e. The summed E-state index contributed by atoms with van der Waals surface area (Å²) in [4.78, 5) is 83.9. The van der Waals surface area contributed by atoms with Gasteiger partial charge in [-0.25, -0.2) is 19.6 Å². The summed E-state index contributed by atoms with van der Waals surface area (Å²) in [6.07, 6.45) is -0.538. The van der Waals surface area contributed by atoms with Crippen molar-refractivity contribution in [1.29, 1.82) is 0 Å². The molecule has 3 aromatic rings. The Labute approximate surface area is 376 Å². The minimum atomic E-state index is -1.71. The van der Waals surface area contributed by atoms with Gasteiger partial charge in [0.15, 0.2) is 29.9 Å². The fourth-order valence-corrected chi connectivity index (χ4v) is 9.85. The minimum absolute atomic E-state index is 0.0873. The lowest BCUT2D eigenvalue weighted by atomic mass is 9.72. The van der Waals surface area contributed by atoms with Crippen LogP contribution >= 0.6 is 0 Å². The Morgan fingerprint density at radius 3 is 2.30 bits per heavy atom. The molecule has 16 heteroatoms. The molecule has 0 N–H and O–H groups in total. The molecule has 0 bridgehead atoms. The summed E-state index contributed by atoms with van der Waals surface area (Å²) in [7, 11) is 5.27. The Morgan fingerprint density at radius 2 is 1.62 bits per heavy atom. The van der Waals surface area contributed by atoms with E-state index in [0.717, 1.165) is 11.2 Å². The standard InChI is InChI=1S/C48H67N5O11/c1-12-35-39-36(53(46(58)63-39)24-17-16-23-52-27-50-33-21-18-22-49-42(33)52)30(4)37(54)28(2)26-48(8,59-11)41(31(5)40(55)47(6,7)45(57)61-35)64-44-38(34(51(9)10)25-29(3)60-44)62-43(56)32-19-14-13-15-20-32/h13-15,18-22,27-31,34-36,38-39,41,44H,12,16-17,23-26H2,1-11H3/t28-,29?,30-,31?,34?,35?,36?,38-,39?,41-,44?,48+/m1/s1. The second kappa shape index (κ2) is 20.2. The summed E-state index contributed by atoms with van der Waals surface area (Å²) in [5.74, 6) is -4.53. The van der Waals surface area contributed by atoms with Crippen LogP contribution in [0.2, 0.25) is 0 Å². The van der Waals surface area contributed by atoms with Crippen LogP contribution in [0.4, 0.5) is 4.79 Å². The zero-order valence-electron chi connectivity index (χ0n) is 39.2. The molecule has 350 valence electrons. The number of Topliss-reactive ketones (excluding diaryl/α,β-unsaturated/α-hetero) is 2. The molecular weight excluding hydrogens is 823 g/mol. The Hall–Kier alpha value is -4.77. The van der Waals surface area contributed by atoms with Crippen LogP contribution in [-0.2, 0) is 49.3 Å². The number of carbonyl (C=O) groups excluding carboxylic acids is 5. The number of rotatable bonds is 12. The average Bonchev–Trinajstić information content (AvgIpc) is 3.84. The van der Waals surface area contributed by atoms with Gasteiger partial charge >= 0.3 is 18.0 Å². The molecular formula is C48H67N5O11. The number of pyridine rings is 1. The third-order valence-corrected chi connectivity index (χ3v) is 13.6. The van der Waals surface area contributed by atoms with Gasteiger partial charge in [0, 0.05) is 44.1 Å². The van der Waals surface area contributed by atoms with Crippen molar-refractivity contribution in [3.63, 3.8) is 0 Å². The number of esters is 2. The number of methoxy groups -OCH3 is 1. The zero-order chi connectivity index (χ0) is 46.7. The van der Waals surface area contributed by atoms with Gasteiger partial charge in [-0.3, -0.25) is 14.4 Å². The zero-order valence-corrected chi connectivity index (χ0v) is 39.2. The highest BCUT2D eigenvalue weighted by molar-refractivity contribution is 6.04. The lowest BCUT2D eigenvalue weighted by Crippen LogP contribution is -2.61. The van der Waals surface area contributed by atoms with Crippen LogP contribution in [0.15, 0.2) is 55.0 Å². The molecule has 2 aromatic heterocycles. The number of imidazole rings is 1. The maximum atomic E-state index is 14.9. The van der Waals surface area contributed by atoms with Crippen LogP contribution in [0.5, 0.6) is 0 Å². The van der Waals surface area contributed by atoms with Crippen LogP contribution < -0.4 is 0 Å². The van der Waals surface area contributed by atoms with E-state index < -0.39 is 89.3 Å². The van der Waals surface area contributed by atoms with Crippen molar-refractivity contribution >= 4 is 40.8 Å². The molecule has 7 unspecified atom stereocenters. The van der Waals surface area contributed by atoms with E-state index in [4.69, 9.17) is 28.4 Å². The summed E-state index contributed by atoms with van der Waals surface area (Å²) < 4.78 is 40.1. The van der Waals surface area contributed by atoms with Gasteiger partial charge in [-0.05, 0) is 98.2 Å². The number of ether oxygens (including phenoxy) is 6. The predicted octanol–water partition coefficient (Wildman–Crippen LogP) is 6.28. The van der Waals surface area contributed by atoms with Crippen molar-refractivity contribution in [1.82, 2.24) is 24.3 Å². The monoisotopic (exact) mass is 889 g/mol. The molecule has 1 amide bonds. The highest BCUT2D eigenvalue weighted by Crippen LogP contribution is 2.41. The summed E-state index contributed by atoms with van der Waals surface area (Å²) in [5, 5.41) is 0. The molecule has 6 rings (SSSR count). The van der Waals surface area contributed by atoms with Gasteiger partial charge in [0.05, 0.1) is 41.8 Å². The maximum absolute atomic E-state index is 14.9. The number of unbranched alkanes of at least 4 members (excludes halogenated alkanes) is 1. The Kier molecular flexibility index (Phi) is 15.3. The lowest BCUT2D eigenvalue weighted by molar-refractivity contribution is -0.294. The average molecular weight is 890 g/mol. The second-order valence-electron chi connectivity index (χ2n) is 18.8. The molecule has 0 saturated carbocycles. The molecule has 0 spiro atoms. The van der Waals surface area contributed by atoms with Crippen molar-refractivity contribution in [3.05, 3.63) is 60.6 Å². The van der Waals surface area contributed by atoms with Gasteiger partial charge in [-0.15, -0.1) is 0 Å². The molecule has 0 aliphatic carbocycles. The second-order valence-corrected chi connectivity index (χ2v) is 18.8. The third-order valence-electron chi connectivity index (χ3n) is 13.6. The van der Waals surface area contributed by atoms with Gasteiger partial charge in [0.1, 0.15) is 22.8 Å². The molecule has 0 radical (unpaired) electrons. The number of hydrogen-bond donors (Lipinski definition) is 0. The van der Waals surface area contributed by atoms with Crippen LogP contribution in [0.25, 0.3) is 11.2 Å². The van der Waals surface area contributed by atoms with E-state index in [1.807, 2.05) is 49.5 Å². The Morgan fingerprint density at radius 1 is 0.922 bits per heavy atom. The first-order valence-electron chi connectivity index (χ1n) is 22.6. The number of hydrogen-bond acceptors (Lipinski definition) is 14. The van der Waals surface area contributed by atoms with E-state index in [9.17, 15) is 24.0 Å². The highest BCUT2D eigenvalue weighted by Gasteiger charge is 2.56. The van der Waals surface area contributed by atoms with E-state index in [1.165, 1.54) is 21.0 Å². The summed E-state index contributed by atoms with van der Waals surface area (Å²) >= 11 is 0.